The highest BCUT2D eigenvalue weighted by Gasteiger charge is 2.39. The second-order valence-corrected chi connectivity index (χ2v) is 8.47. The van der Waals surface area contributed by atoms with E-state index in [1.165, 1.54) is 4.31 Å². The average Bonchev–Trinajstić information content (AvgIpc) is 3.05. The Morgan fingerprint density at radius 1 is 1.33 bits per heavy atom. The monoisotopic (exact) mass is 387 g/mol. The minimum atomic E-state index is -3.67. The minimum absolute atomic E-state index is 0.0157. The summed E-state index contributed by atoms with van der Waals surface area (Å²) in [7, 11) is -1.93. The van der Waals surface area contributed by atoms with E-state index >= 15 is 0 Å². The molecule has 3 rings (SSSR count). The van der Waals surface area contributed by atoms with Gasteiger partial charge in [-0.3, -0.25) is 14.4 Å². The van der Waals surface area contributed by atoms with Gasteiger partial charge in [0.05, 0.1) is 24.1 Å². The third-order valence-corrected chi connectivity index (χ3v) is 5.96. The molecule has 0 saturated carbocycles. The summed E-state index contributed by atoms with van der Waals surface area (Å²) in [5.74, 6) is 0.361. The molecule has 27 heavy (non-hydrogen) atoms. The van der Waals surface area contributed by atoms with Gasteiger partial charge in [-0.2, -0.15) is 14.7 Å². The number of sulfonamides is 1. The van der Waals surface area contributed by atoms with Crippen molar-refractivity contribution in [2.75, 3.05) is 17.7 Å². The molecular weight excluding hydrogens is 366 g/mol. The molecule has 2 aromatic rings. The molecule has 1 aliphatic heterocycles. The lowest BCUT2D eigenvalue weighted by molar-refractivity contribution is -0.123. The van der Waals surface area contributed by atoms with Crippen molar-refractivity contribution in [3.8, 4) is 6.07 Å². The zero-order chi connectivity index (χ0) is 19.6. The summed E-state index contributed by atoms with van der Waals surface area (Å²) in [6.07, 6.45) is 3.81. The number of benzene rings is 1. The predicted molar refractivity (Wildman–Crippen MR) is 100 cm³/mol. The van der Waals surface area contributed by atoms with E-state index in [1.807, 2.05) is 0 Å². The average molecular weight is 387 g/mol. The van der Waals surface area contributed by atoms with Crippen LogP contribution in [0.4, 0.5) is 5.82 Å². The number of rotatable bonds is 5. The molecule has 8 nitrogen and oxygen atoms in total. The highest BCUT2D eigenvalue weighted by Crippen LogP contribution is 2.26. The van der Waals surface area contributed by atoms with Gasteiger partial charge in [0, 0.05) is 26.2 Å². The quantitative estimate of drug-likeness (QED) is 0.769. The van der Waals surface area contributed by atoms with Crippen LogP contribution in [0.15, 0.2) is 36.5 Å². The predicted octanol–water partition coefficient (Wildman–Crippen LogP) is 1.25. The number of anilines is 1. The Morgan fingerprint density at radius 2 is 2.07 bits per heavy atom. The van der Waals surface area contributed by atoms with Gasteiger partial charge in [-0.15, -0.1) is 0 Å². The third-order valence-electron chi connectivity index (χ3n) is 4.72. The van der Waals surface area contributed by atoms with Crippen molar-refractivity contribution in [3.05, 3.63) is 47.7 Å². The first kappa shape index (κ1) is 19.1. The summed E-state index contributed by atoms with van der Waals surface area (Å²) in [6, 6.07) is 9.83. The zero-order valence-corrected chi connectivity index (χ0v) is 16.1. The molecule has 1 fully saturated rings. The van der Waals surface area contributed by atoms with Crippen LogP contribution in [-0.4, -0.2) is 47.3 Å². The Morgan fingerprint density at radius 3 is 2.70 bits per heavy atom. The number of amides is 1. The Labute approximate surface area is 158 Å². The Balaban J connectivity index is 1.95. The van der Waals surface area contributed by atoms with Crippen molar-refractivity contribution in [1.82, 2.24) is 14.1 Å². The summed E-state index contributed by atoms with van der Waals surface area (Å²) in [5.41, 5.74) is 0.980. The fourth-order valence-corrected chi connectivity index (χ4v) is 4.41. The molecule has 1 unspecified atom stereocenters. The molecule has 1 aromatic heterocycles. The van der Waals surface area contributed by atoms with Crippen molar-refractivity contribution >= 4 is 21.7 Å². The van der Waals surface area contributed by atoms with Gasteiger partial charge in [0.1, 0.15) is 11.9 Å². The van der Waals surface area contributed by atoms with Gasteiger partial charge in [0.15, 0.2) is 0 Å². The number of hydrogen-bond acceptors (Lipinski definition) is 5. The normalized spacial score (nSPS) is 17.9. The van der Waals surface area contributed by atoms with Gasteiger partial charge in [-0.05, 0) is 24.5 Å². The molecule has 1 amide bonds. The standard InChI is InChI=1S/C18H21N5O3S/c1-21-17(9-10-20-21)22-11-5-8-16(18(22)24)23(27(2,25)26)13-15-7-4-3-6-14(15)12-19/h3-4,6-7,9-10,16H,5,8,11,13H2,1-2H3. The Bertz CT molecular complexity index is 992. The number of hydrogen-bond donors (Lipinski definition) is 0. The van der Waals surface area contributed by atoms with Gasteiger partial charge in [0.25, 0.3) is 0 Å². The second kappa shape index (κ2) is 7.50. The summed E-state index contributed by atoms with van der Waals surface area (Å²) < 4.78 is 27.8. The van der Waals surface area contributed by atoms with Crippen molar-refractivity contribution in [2.24, 2.45) is 7.05 Å². The number of nitriles is 1. The summed E-state index contributed by atoms with van der Waals surface area (Å²) in [5, 5.41) is 13.4. The van der Waals surface area contributed by atoms with Crippen LogP contribution in [0.1, 0.15) is 24.0 Å². The maximum absolute atomic E-state index is 13.1. The fraction of sp³-hybridized carbons (Fsp3) is 0.389. The maximum Gasteiger partial charge on any atom is 0.246 e. The topological polar surface area (TPSA) is 99.3 Å². The first-order valence-electron chi connectivity index (χ1n) is 8.57. The minimum Gasteiger partial charge on any atom is -0.296 e. The summed E-state index contributed by atoms with van der Waals surface area (Å²) in [6.45, 7) is 0.499. The summed E-state index contributed by atoms with van der Waals surface area (Å²) >= 11 is 0. The van der Waals surface area contributed by atoms with Crippen LogP contribution in [0.25, 0.3) is 0 Å². The Kier molecular flexibility index (Phi) is 5.30. The molecule has 0 aliphatic carbocycles. The molecule has 1 saturated heterocycles. The molecule has 1 atom stereocenters. The third kappa shape index (κ3) is 3.86. The lowest BCUT2D eigenvalue weighted by Gasteiger charge is -2.37. The molecule has 1 aromatic carbocycles. The number of aromatic nitrogens is 2. The fourth-order valence-electron chi connectivity index (χ4n) is 3.38. The van der Waals surface area contributed by atoms with Crippen molar-refractivity contribution in [1.29, 1.82) is 5.26 Å². The molecule has 1 aliphatic rings. The number of carbonyl (C=O) groups excluding carboxylic acids is 1. The van der Waals surface area contributed by atoms with Gasteiger partial charge < -0.3 is 0 Å². The smallest absolute Gasteiger partial charge is 0.246 e. The van der Waals surface area contributed by atoms with Crippen LogP contribution in [-0.2, 0) is 28.4 Å². The van der Waals surface area contributed by atoms with Crippen molar-refractivity contribution < 1.29 is 13.2 Å². The van der Waals surface area contributed by atoms with E-state index in [0.29, 0.717) is 36.3 Å². The molecule has 0 bridgehead atoms. The molecule has 142 valence electrons. The number of nitrogens with zero attached hydrogens (tertiary/aromatic N) is 5. The van der Waals surface area contributed by atoms with Crippen LogP contribution < -0.4 is 4.90 Å². The highest BCUT2D eigenvalue weighted by atomic mass is 32.2. The number of piperidine rings is 1. The molecule has 0 N–H and O–H groups in total. The van der Waals surface area contributed by atoms with Gasteiger partial charge in [0.2, 0.25) is 15.9 Å². The number of aryl methyl sites for hydroxylation is 1. The Hall–Kier alpha value is -2.70. The van der Waals surface area contributed by atoms with Gasteiger partial charge in [-0.25, -0.2) is 8.42 Å². The first-order chi connectivity index (χ1) is 12.8. The van der Waals surface area contributed by atoms with Crippen LogP contribution in [0.5, 0.6) is 0 Å². The largest absolute Gasteiger partial charge is 0.296 e. The van der Waals surface area contributed by atoms with Crippen molar-refractivity contribution in [3.63, 3.8) is 0 Å². The second-order valence-electron chi connectivity index (χ2n) is 6.54. The van der Waals surface area contributed by atoms with E-state index in [1.54, 1.807) is 53.2 Å². The summed E-state index contributed by atoms with van der Waals surface area (Å²) in [4.78, 5) is 14.7. The highest BCUT2D eigenvalue weighted by molar-refractivity contribution is 7.88. The van der Waals surface area contributed by atoms with Crippen LogP contribution in [0.2, 0.25) is 0 Å². The van der Waals surface area contributed by atoms with Crippen LogP contribution in [0.3, 0.4) is 0 Å². The van der Waals surface area contributed by atoms with E-state index in [4.69, 9.17) is 0 Å². The van der Waals surface area contributed by atoms with E-state index in [-0.39, 0.29) is 12.5 Å². The van der Waals surface area contributed by atoms with Crippen LogP contribution in [0, 0.1) is 11.3 Å². The van der Waals surface area contributed by atoms with E-state index in [9.17, 15) is 18.5 Å². The van der Waals surface area contributed by atoms with Gasteiger partial charge >= 0.3 is 0 Å². The molecule has 0 spiro atoms. The lowest BCUT2D eigenvalue weighted by Crippen LogP contribution is -2.54. The van der Waals surface area contributed by atoms with Crippen molar-refractivity contribution in [2.45, 2.75) is 25.4 Å². The van der Waals surface area contributed by atoms with E-state index in [0.717, 1.165) is 6.26 Å². The lowest BCUT2D eigenvalue weighted by atomic mass is 10.0. The molecule has 9 heteroatoms. The van der Waals surface area contributed by atoms with Gasteiger partial charge in [-0.1, -0.05) is 18.2 Å². The molecule has 2 heterocycles. The first-order valence-corrected chi connectivity index (χ1v) is 10.4. The maximum atomic E-state index is 13.1. The van der Waals surface area contributed by atoms with E-state index < -0.39 is 16.1 Å². The molecule has 0 radical (unpaired) electrons. The zero-order valence-electron chi connectivity index (χ0n) is 15.2. The SMILES string of the molecule is Cn1nccc1N1CCCC(N(Cc2ccccc2C#N)S(C)(=O)=O)C1=O. The number of carbonyl (C=O) groups is 1. The van der Waals surface area contributed by atoms with Crippen LogP contribution >= 0.6 is 0 Å². The molecular formula is C18H21N5O3S. The van der Waals surface area contributed by atoms with E-state index in [2.05, 4.69) is 11.2 Å².